The van der Waals surface area contributed by atoms with Crippen LogP contribution in [0.5, 0.6) is 0 Å². The maximum atomic E-state index is 11.3. The summed E-state index contributed by atoms with van der Waals surface area (Å²) in [7, 11) is -1.88. The average Bonchev–Trinajstić information content (AvgIpc) is 2.80. The third-order valence-electron chi connectivity index (χ3n) is 5.19. The van der Waals surface area contributed by atoms with Crippen molar-refractivity contribution in [1.29, 1.82) is 0 Å². The highest BCUT2D eigenvalue weighted by Gasteiger charge is 2.44. The number of aliphatic carboxylic acids is 1. The van der Waals surface area contributed by atoms with Gasteiger partial charge in [0, 0.05) is 5.92 Å². The summed E-state index contributed by atoms with van der Waals surface area (Å²) in [6, 6.07) is 0. The van der Waals surface area contributed by atoms with E-state index in [1.165, 1.54) is 6.26 Å². The molecule has 6 heteroatoms. The van der Waals surface area contributed by atoms with Gasteiger partial charge in [0.25, 0.3) is 0 Å². The quantitative estimate of drug-likeness (QED) is 0.614. The van der Waals surface area contributed by atoms with Crippen molar-refractivity contribution in [2.24, 2.45) is 11.8 Å². The Bertz CT molecular complexity index is 515. The minimum absolute atomic E-state index is 0.110. The summed E-state index contributed by atoms with van der Waals surface area (Å²) in [6.45, 7) is 11.3. The van der Waals surface area contributed by atoms with Crippen molar-refractivity contribution in [3.63, 3.8) is 0 Å². The second kappa shape index (κ2) is 5.83. The van der Waals surface area contributed by atoms with Crippen LogP contribution in [0.3, 0.4) is 0 Å². The Morgan fingerprint density at radius 2 is 2.09 bits per heavy atom. The Balaban J connectivity index is 2.09. The van der Waals surface area contributed by atoms with Crippen molar-refractivity contribution in [3.05, 3.63) is 23.5 Å². The Morgan fingerprint density at radius 1 is 1.45 bits per heavy atom. The summed E-state index contributed by atoms with van der Waals surface area (Å²) in [5, 5.41) is 19.5. The van der Waals surface area contributed by atoms with Crippen LogP contribution in [0.25, 0.3) is 0 Å². The van der Waals surface area contributed by atoms with Crippen molar-refractivity contribution in [3.8, 4) is 0 Å². The fourth-order valence-corrected chi connectivity index (χ4v) is 3.64. The molecule has 2 N–H and O–H groups in total. The maximum Gasteiger partial charge on any atom is 0.335 e. The first-order chi connectivity index (χ1) is 10.0. The minimum Gasteiger partial charge on any atom is -0.478 e. The monoisotopic (exact) mass is 326 g/mol. The van der Waals surface area contributed by atoms with Gasteiger partial charge in [0.05, 0.1) is 24.4 Å². The molecule has 0 saturated heterocycles. The molecule has 0 bridgehead atoms. The maximum absolute atomic E-state index is 11.3. The van der Waals surface area contributed by atoms with Crippen molar-refractivity contribution in [2.75, 3.05) is 6.61 Å². The lowest BCUT2D eigenvalue weighted by Crippen LogP contribution is -2.42. The van der Waals surface area contributed by atoms with E-state index in [4.69, 9.17) is 9.16 Å². The lowest BCUT2D eigenvalue weighted by atomic mass is 9.84. The van der Waals surface area contributed by atoms with Gasteiger partial charge in [-0.25, -0.2) is 4.79 Å². The zero-order valence-corrected chi connectivity index (χ0v) is 14.9. The first-order valence-corrected chi connectivity index (χ1v) is 10.5. The summed E-state index contributed by atoms with van der Waals surface area (Å²) < 4.78 is 11.3. The standard InChI is InChI=1S/C16H26O5Si/c1-16(2,3)22(4,5)21-8-10-6-7-11-12(14(17)18)9-20-15(19)13(10)11/h6,9,11,13,15,19H,7-8H2,1-5H3,(H,17,18)/t11-,13+,15?/m1/s1. The summed E-state index contributed by atoms with van der Waals surface area (Å²) >= 11 is 0. The highest BCUT2D eigenvalue weighted by Crippen LogP contribution is 2.43. The van der Waals surface area contributed by atoms with Gasteiger partial charge in [-0.3, -0.25) is 0 Å². The predicted octanol–water partition coefficient (Wildman–Crippen LogP) is 2.89. The summed E-state index contributed by atoms with van der Waals surface area (Å²) in [6.07, 6.45) is 2.79. The van der Waals surface area contributed by atoms with Gasteiger partial charge in [0.2, 0.25) is 6.29 Å². The molecule has 0 aromatic rings. The van der Waals surface area contributed by atoms with Crippen LogP contribution >= 0.6 is 0 Å². The van der Waals surface area contributed by atoms with Crippen molar-refractivity contribution >= 4 is 14.3 Å². The van der Waals surface area contributed by atoms with E-state index in [1.54, 1.807) is 0 Å². The molecule has 22 heavy (non-hydrogen) atoms. The molecular weight excluding hydrogens is 300 g/mol. The molecule has 5 nitrogen and oxygen atoms in total. The number of aliphatic hydroxyl groups is 1. The molecule has 0 spiro atoms. The van der Waals surface area contributed by atoms with Crippen molar-refractivity contribution in [1.82, 2.24) is 0 Å². The van der Waals surface area contributed by atoms with Gasteiger partial charge < -0.3 is 19.4 Å². The topological polar surface area (TPSA) is 76.0 Å². The summed E-state index contributed by atoms with van der Waals surface area (Å²) in [4.78, 5) is 11.3. The molecule has 1 heterocycles. The van der Waals surface area contributed by atoms with Crippen molar-refractivity contribution < 1.29 is 24.2 Å². The Labute approximate surface area is 132 Å². The fraction of sp³-hybridized carbons (Fsp3) is 0.688. The normalized spacial score (nSPS) is 28.5. The largest absolute Gasteiger partial charge is 0.478 e. The van der Waals surface area contributed by atoms with E-state index in [0.29, 0.717) is 13.0 Å². The van der Waals surface area contributed by atoms with E-state index in [-0.39, 0.29) is 22.4 Å². The van der Waals surface area contributed by atoms with E-state index in [2.05, 4.69) is 33.9 Å². The molecule has 0 aromatic carbocycles. The molecule has 2 aliphatic rings. The van der Waals surface area contributed by atoms with Crippen LogP contribution < -0.4 is 0 Å². The molecule has 1 aliphatic carbocycles. The molecule has 1 aliphatic heterocycles. The molecule has 0 amide bonds. The lowest BCUT2D eigenvalue weighted by molar-refractivity contribution is -0.138. The third kappa shape index (κ3) is 3.14. The van der Waals surface area contributed by atoms with Crippen LogP contribution in [-0.4, -0.2) is 37.4 Å². The summed E-state index contributed by atoms with van der Waals surface area (Å²) in [5.74, 6) is -1.53. The number of carboxylic acids is 1. The van der Waals surface area contributed by atoms with E-state index in [0.717, 1.165) is 5.57 Å². The molecule has 1 unspecified atom stereocenters. The zero-order valence-electron chi connectivity index (χ0n) is 13.9. The minimum atomic E-state index is -1.88. The third-order valence-corrected chi connectivity index (χ3v) is 9.67. The number of carbonyl (C=O) groups is 1. The van der Waals surface area contributed by atoms with Crippen LogP contribution in [0.4, 0.5) is 0 Å². The van der Waals surface area contributed by atoms with Crippen LogP contribution in [0, 0.1) is 11.8 Å². The van der Waals surface area contributed by atoms with E-state index in [1.807, 2.05) is 6.08 Å². The highest BCUT2D eigenvalue weighted by molar-refractivity contribution is 6.74. The Hall–Kier alpha value is -1.11. The van der Waals surface area contributed by atoms with Gasteiger partial charge in [0.15, 0.2) is 8.32 Å². The Morgan fingerprint density at radius 3 is 2.64 bits per heavy atom. The molecule has 0 fully saturated rings. The molecular formula is C16H26O5Si. The summed E-state index contributed by atoms with van der Waals surface area (Å²) in [5.41, 5.74) is 1.18. The molecule has 124 valence electrons. The van der Waals surface area contributed by atoms with Gasteiger partial charge in [-0.15, -0.1) is 0 Å². The van der Waals surface area contributed by atoms with Crippen LogP contribution in [0.1, 0.15) is 27.2 Å². The second-order valence-corrected chi connectivity index (χ2v) is 12.4. The van der Waals surface area contributed by atoms with E-state index < -0.39 is 20.6 Å². The Kier molecular flexibility index (Phi) is 4.57. The van der Waals surface area contributed by atoms with Crippen LogP contribution in [-0.2, 0) is 14.0 Å². The van der Waals surface area contributed by atoms with Gasteiger partial charge in [-0.1, -0.05) is 26.8 Å². The first-order valence-electron chi connectivity index (χ1n) is 7.64. The molecule has 0 radical (unpaired) electrons. The average molecular weight is 326 g/mol. The van der Waals surface area contributed by atoms with Crippen molar-refractivity contribution in [2.45, 2.75) is 51.6 Å². The lowest BCUT2D eigenvalue weighted by Gasteiger charge is -2.37. The van der Waals surface area contributed by atoms with Crippen LogP contribution in [0.2, 0.25) is 18.1 Å². The number of carboxylic acid groups (broad SMARTS) is 1. The SMILES string of the molecule is CC(C)(C)[Si](C)(C)OCC1=CC[C@@H]2C(C(=O)O)=COC(O)[C@@H]12. The van der Waals surface area contributed by atoms with Gasteiger partial charge >= 0.3 is 5.97 Å². The number of allylic oxidation sites excluding steroid dienone is 1. The second-order valence-electron chi connectivity index (χ2n) is 7.60. The zero-order chi connectivity index (χ0) is 16.7. The number of hydrogen-bond donors (Lipinski definition) is 2. The number of ether oxygens (including phenoxy) is 1. The molecule has 2 rings (SSSR count). The first kappa shape index (κ1) is 17.2. The molecule has 3 atom stereocenters. The fourth-order valence-electron chi connectivity index (χ4n) is 2.68. The smallest absolute Gasteiger partial charge is 0.335 e. The van der Waals surface area contributed by atoms with E-state index in [9.17, 15) is 15.0 Å². The van der Waals surface area contributed by atoms with E-state index >= 15 is 0 Å². The molecule has 0 saturated carbocycles. The van der Waals surface area contributed by atoms with Gasteiger partial charge in [0.1, 0.15) is 0 Å². The highest BCUT2D eigenvalue weighted by atomic mass is 28.4. The van der Waals surface area contributed by atoms with Gasteiger partial charge in [-0.2, -0.15) is 0 Å². The number of fused-ring (bicyclic) bond motifs is 1. The predicted molar refractivity (Wildman–Crippen MR) is 85.6 cm³/mol. The van der Waals surface area contributed by atoms with Gasteiger partial charge in [-0.05, 0) is 30.1 Å². The number of rotatable bonds is 4. The molecule has 0 aromatic heterocycles. The number of hydrogen-bond acceptors (Lipinski definition) is 4. The number of aliphatic hydroxyl groups excluding tert-OH is 1. The van der Waals surface area contributed by atoms with Crippen LogP contribution in [0.15, 0.2) is 23.5 Å².